The molecule has 0 N–H and O–H groups in total. The van der Waals surface area contributed by atoms with Gasteiger partial charge >= 0.3 is 0 Å². The zero-order valence-electron chi connectivity index (χ0n) is 11.9. The molecule has 1 saturated heterocycles. The summed E-state index contributed by atoms with van der Waals surface area (Å²) >= 11 is 0. The second-order valence-electron chi connectivity index (χ2n) is 5.72. The lowest BCUT2D eigenvalue weighted by molar-refractivity contribution is 0.170. The molecule has 0 amide bonds. The van der Waals surface area contributed by atoms with Gasteiger partial charge in [0.25, 0.3) is 0 Å². The van der Waals surface area contributed by atoms with Crippen molar-refractivity contribution in [3.8, 4) is 0 Å². The molecule has 1 atom stereocenters. The van der Waals surface area contributed by atoms with Crippen LogP contribution in [0.2, 0.25) is 0 Å². The summed E-state index contributed by atoms with van der Waals surface area (Å²) in [5.41, 5.74) is 1.23. The lowest BCUT2D eigenvalue weighted by Crippen LogP contribution is -2.34. The van der Waals surface area contributed by atoms with Gasteiger partial charge in [0.2, 0.25) is 0 Å². The normalized spacial score (nSPS) is 20.1. The standard InChI is InChI=1S/C15H21N5/c1-13-6-5-9-19(10-13)12-15-16-17-18-20(15)11-14-7-3-2-4-8-14/h2-4,7-8,13H,5-6,9-12H2,1H3/t13-/m0/s1. The van der Waals surface area contributed by atoms with Crippen molar-refractivity contribution in [1.82, 2.24) is 25.1 Å². The Hall–Kier alpha value is -1.75. The van der Waals surface area contributed by atoms with Crippen molar-refractivity contribution >= 4 is 0 Å². The van der Waals surface area contributed by atoms with Gasteiger partial charge in [-0.05, 0) is 41.3 Å². The first-order chi connectivity index (χ1) is 9.81. The Labute approximate surface area is 119 Å². The summed E-state index contributed by atoms with van der Waals surface area (Å²) in [5.74, 6) is 1.74. The van der Waals surface area contributed by atoms with Gasteiger partial charge in [-0.2, -0.15) is 0 Å². The summed E-state index contributed by atoms with van der Waals surface area (Å²) in [5, 5.41) is 12.2. The first-order valence-corrected chi connectivity index (χ1v) is 7.32. The Morgan fingerprint density at radius 2 is 2.05 bits per heavy atom. The number of hydrogen-bond donors (Lipinski definition) is 0. The van der Waals surface area contributed by atoms with Crippen molar-refractivity contribution in [3.05, 3.63) is 41.7 Å². The van der Waals surface area contributed by atoms with E-state index >= 15 is 0 Å². The number of tetrazole rings is 1. The fraction of sp³-hybridized carbons (Fsp3) is 0.533. The Morgan fingerprint density at radius 3 is 2.85 bits per heavy atom. The van der Waals surface area contributed by atoms with Gasteiger partial charge in [0.15, 0.2) is 5.82 Å². The molecule has 5 heteroatoms. The van der Waals surface area contributed by atoms with Crippen LogP contribution in [0.5, 0.6) is 0 Å². The van der Waals surface area contributed by atoms with E-state index in [0.29, 0.717) is 0 Å². The van der Waals surface area contributed by atoms with E-state index in [0.717, 1.165) is 37.9 Å². The second-order valence-corrected chi connectivity index (χ2v) is 5.72. The maximum absolute atomic E-state index is 4.19. The Bertz CT molecular complexity index is 536. The molecule has 0 radical (unpaired) electrons. The summed E-state index contributed by atoms with van der Waals surface area (Å²) in [4.78, 5) is 2.46. The summed E-state index contributed by atoms with van der Waals surface area (Å²) < 4.78 is 1.91. The van der Waals surface area contributed by atoms with E-state index in [1.807, 2.05) is 22.9 Å². The molecule has 0 saturated carbocycles. The van der Waals surface area contributed by atoms with Crippen LogP contribution in [0.25, 0.3) is 0 Å². The molecule has 1 aromatic carbocycles. The van der Waals surface area contributed by atoms with E-state index < -0.39 is 0 Å². The van der Waals surface area contributed by atoms with Crippen LogP contribution in [-0.2, 0) is 13.1 Å². The van der Waals surface area contributed by atoms with Crippen LogP contribution < -0.4 is 0 Å². The molecule has 1 aliphatic rings. The number of nitrogens with zero attached hydrogens (tertiary/aromatic N) is 5. The maximum Gasteiger partial charge on any atom is 0.165 e. The smallest absolute Gasteiger partial charge is 0.165 e. The van der Waals surface area contributed by atoms with Crippen LogP contribution in [0.15, 0.2) is 30.3 Å². The van der Waals surface area contributed by atoms with E-state index in [9.17, 15) is 0 Å². The topological polar surface area (TPSA) is 46.8 Å². The lowest BCUT2D eigenvalue weighted by atomic mass is 10.0. The van der Waals surface area contributed by atoms with Gasteiger partial charge < -0.3 is 0 Å². The monoisotopic (exact) mass is 271 g/mol. The van der Waals surface area contributed by atoms with E-state index in [1.165, 1.54) is 18.4 Å². The fourth-order valence-corrected chi connectivity index (χ4v) is 2.85. The molecule has 1 fully saturated rings. The average molecular weight is 271 g/mol. The summed E-state index contributed by atoms with van der Waals surface area (Å²) in [7, 11) is 0. The molecule has 20 heavy (non-hydrogen) atoms. The Balaban J connectivity index is 1.67. The van der Waals surface area contributed by atoms with Crippen molar-refractivity contribution in [2.75, 3.05) is 13.1 Å². The molecule has 2 heterocycles. The van der Waals surface area contributed by atoms with Gasteiger partial charge in [-0.25, -0.2) is 4.68 Å². The van der Waals surface area contributed by atoms with Crippen molar-refractivity contribution in [1.29, 1.82) is 0 Å². The molecule has 106 valence electrons. The molecule has 0 bridgehead atoms. The average Bonchev–Trinajstić information content (AvgIpc) is 2.87. The van der Waals surface area contributed by atoms with Crippen molar-refractivity contribution in [3.63, 3.8) is 0 Å². The molecule has 5 nitrogen and oxygen atoms in total. The van der Waals surface area contributed by atoms with E-state index in [2.05, 4.69) is 39.5 Å². The third kappa shape index (κ3) is 3.22. The van der Waals surface area contributed by atoms with Gasteiger partial charge in [-0.3, -0.25) is 4.90 Å². The van der Waals surface area contributed by atoms with Crippen LogP contribution >= 0.6 is 0 Å². The predicted molar refractivity (Wildman–Crippen MR) is 77.0 cm³/mol. The van der Waals surface area contributed by atoms with E-state index in [-0.39, 0.29) is 0 Å². The minimum absolute atomic E-state index is 0.743. The highest BCUT2D eigenvalue weighted by molar-refractivity contribution is 5.14. The van der Waals surface area contributed by atoms with E-state index in [1.54, 1.807) is 0 Å². The first kappa shape index (κ1) is 13.2. The highest BCUT2D eigenvalue weighted by Gasteiger charge is 2.18. The van der Waals surface area contributed by atoms with Gasteiger partial charge in [-0.15, -0.1) is 5.10 Å². The van der Waals surface area contributed by atoms with Crippen LogP contribution in [-0.4, -0.2) is 38.2 Å². The molecule has 0 unspecified atom stereocenters. The minimum atomic E-state index is 0.743. The largest absolute Gasteiger partial charge is 0.296 e. The van der Waals surface area contributed by atoms with Crippen LogP contribution in [0, 0.1) is 5.92 Å². The Kier molecular flexibility index (Phi) is 4.06. The molecule has 3 rings (SSSR count). The second kappa shape index (κ2) is 6.13. The molecule has 1 aliphatic heterocycles. The first-order valence-electron chi connectivity index (χ1n) is 7.32. The fourth-order valence-electron chi connectivity index (χ4n) is 2.85. The van der Waals surface area contributed by atoms with Gasteiger partial charge in [0.05, 0.1) is 13.1 Å². The number of likely N-dealkylation sites (tertiary alicyclic amines) is 1. The summed E-state index contributed by atoms with van der Waals surface area (Å²) in [6, 6.07) is 10.3. The highest BCUT2D eigenvalue weighted by Crippen LogP contribution is 2.17. The zero-order chi connectivity index (χ0) is 13.8. The zero-order valence-corrected chi connectivity index (χ0v) is 11.9. The molecule has 1 aromatic heterocycles. The third-order valence-corrected chi connectivity index (χ3v) is 3.89. The number of hydrogen-bond acceptors (Lipinski definition) is 4. The quantitative estimate of drug-likeness (QED) is 0.853. The Morgan fingerprint density at radius 1 is 1.20 bits per heavy atom. The minimum Gasteiger partial charge on any atom is -0.296 e. The van der Waals surface area contributed by atoms with Crippen LogP contribution in [0.4, 0.5) is 0 Å². The molecular weight excluding hydrogens is 250 g/mol. The van der Waals surface area contributed by atoms with Crippen molar-refractivity contribution in [2.24, 2.45) is 5.92 Å². The molecule has 0 aliphatic carbocycles. The number of piperidine rings is 1. The van der Waals surface area contributed by atoms with Gasteiger partial charge in [0.1, 0.15) is 0 Å². The van der Waals surface area contributed by atoms with Gasteiger partial charge in [0, 0.05) is 6.54 Å². The van der Waals surface area contributed by atoms with Crippen molar-refractivity contribution < 1.29 is 0 Å². The summed E-state index contributed by atoms with van der Waals surface area (Å²) in [6.45, 7) is 6.22. The maximum atomic E-state index is 4.19. The number of benzene rings is 1. The number of aromatic nitrogens is 4. The van der Waals surface area contributed by atoms with E-state index in [4.69, 9.17) is 0 Å². The van der Waals surface area contributed by atoms with Gasteiger partial charge in [-0.1, -0.05) is 37.3 Å². The SMILES string of the molecule is C[C@H]1CCCN(Cc2nnnn2Cc2ccccc2)C1. The number of rotatable bonds is 4. The van der Waals surface area contributed by atoms with Crippen molar-refractivity contribution in [2.45, 2.75) is 32.9 Å². The van der Waals surface area contributed by atoms with Crippen LogP contribution in [0.3, 0.4) is 0 Å². The summed E-state index contributed by atoms with van der Waals surface area (Å²) in [6.07, 6.45) is 2.62. The third-order valence-electron chi connectivity index (χ3n) is 3.89. The molecule has 0 spiro atoms. The lowest BCUT2D eigenvalue weighted by Gasteiger charge is -2.30. The molecular formula is C15H21N5. The van der Waals surface area contributed by atoms with Crippen LogP contribution in [0.1, 0.15) is 31.2 Å². The predicted octanol–water partition coefficient (Wildman–Crippen LogP) is 1.95. The highest BCUT2D eigenvalue weighted by atomic mass is 15.5. The molecule has 2 aromatic rings.